The minimum atomic E-state index is -3.74. The lowest BCUT2D eigenvalue weighted by Gasteiger charge is -2.54. The summed E-state index contributed by atoms with van der Waals surface area (Å²) in [5, 5.41) is 0. The van der Waals surface area contributed by atoms with Crippen LogP contribution < -0.4 is 9.64 Å². The lowest BCUT2D eigenvalue weighted by molar-refractivity contribution is 0.0143. The van der Waals surface area contributed by atoms with E-state index in [1.807, 2.05) is 67.5 Å². The van der Waals surface area contributed by atoms with Gasteiger partial charge in [-0.05, 0) is 117 Å². The number of piperazine rings is 1. The lowest BCUT2D eigenvalue weighted by atomic mass is 9.72. The summed E-state index contributed by atoms with van der Waals surface area (Å²) < 4.78 is 54.9. The van der Waals surface area contributed by atoms with E-state index >= 15 is 0 Å². The van der Waals surface area contributed by atoms with Crippen LogP contribution in [0.4, 0.5) is 15.0 Å². The van der Waals surface area contributed by atoms with Gasteiger partial charge in [-0.2, -0.15) is 4.31 Å². The van der Waals surface area contributed by atoms with Gasteiger partial charge < -0.3 is 24.2 Å². The summed E-state index contributed by atoms with van der Waals surface area (Å²) in [6, 6.07) is 10.6. The normalized spacial score (nSPS) is 19.3. The summed E-state index contributed by atoms with van der Waals surface area (Å²) in [6.07, 6.45) is 4.64. The van der Waals surface area contributed by atoms with Gasteiger partial charge in [0.2, 0.25) is 10.0 Å². The highest BCUT2D eigenvalue weighted by Crippen LogP contribution is 2.45. The number of rotatable bonds is 10. The number of hydrogen-bond donors (Lipinski definition) is 0. The average Bonchev–Trinajstić information content (AvgIpc) is 3.11. The third kappa shape index (κ3) is 9.10. The quantitative estimate of drug-likeness (QED) is 0.228. The van der Waals surface area contributed by atoms with E-state index in [4.69, 9.17) is 9.47 Å². The van der Waals surface area contributed by atoms with Crippen LogP contribution >= 0.6 is 0 Å². The van der Waals surface area contributed by atoms with Crippen molar-refractivity contribution in [1.82, 2.24) is 29.0 Å². The van der Waals surface area contributed by atoms with Crippen molar-refractivity contribution in [2.24, 2.45) is 5.41 Å². The number of piperidine rings is 1. The molecule has 0 unspecified atom stereocenters. The van der Waals surface area contributed by atoms with Crippen LogP contribution in [-0.2, 0) is 21.3 Å². The topological polar surface area (TPSA) is 129 Å². The van der Waals surface area contributed by atoms with Gasteiger partial charge in [0.05, 0.1) is 16.7 Å². The molecule has 1 spiro atoms. The Bertz CT molecular complexity index is 1980. The molecule has 0 saturated carbocycles. The summed E-state index contributed by atoms with van der Waals surface area (Å²) in [5.41, 5.74) is 0.707. The highest BCUT2D eigenvalue weighted by Gasteiger charge is 2.46. The number of anilines is 1. The van der Waals surface area contributed by atoms with E-state index in [9.17, 15) is 22.4 Å². The highest BCUT2D eigenvalue weighted by molar-refractivity contribution is 7.89. The standard InChI is InChI=1S/C41H56FN7O6S/c1-28(2)49(29(3)4)38(50)34-21-32(42)11-14-35(34)54-36-22-43-27-44-37(36)47-25-41(26-47)15-17-45(18-16-41)24-31-9-12-33(13-10-31)56(52,53)48-20-19-46(23-30(48)5)39(51)55-40(6,7)8/h9-14,21-22,27-30H,15-20,23-26H2,1-8H3/t30-/m0/s1. The van der Waals surface area contributed by atoms with Crippen LogP contribution in [0.1, 0.15) is 84.2 Å². The third-order valence-corrected chi connectivity index (χ3v) is 12.8. The van der Waals surface area contributed by atoms with E-state index in [2.05, 4.69) is 19.8 Å². The molecule has 3 saturated heterocycles. The van der Waals surface area contributed by atoms with E-state index in [1.165, 1.54) is 28.8 Å². The van der Waals surface area contributed by atoms with Crippen molar-refractivity contribution in [1.29, 1.82) is 0 Å². The highest BCUT2D eigenvalue weighted by atomic mass is 32.2. The number of benzene rings is 2. The number of halogens is 1. The SMILES string of the molecule is CC(C)N(C(=O)c1cc(F)ccc1Oc1cncnc1N1CC2(CCN(Cc3ccc(S(=O)(=O)N4CCN(C(=O)OC(C)(C)C)C[C@@H]4C)cc3)CC2)C1)C(C)C. The first-order valence-corrected chi connectivity index (χ1v) is 21.0. The Balaban J connectivity index is 1.03. The van der Waals surface area contributed by atoms with Crippen molar-refractivity contribution in [2.45, 2.75) is 103 Å². The summed E-state index contributed by atoms with van der Waals surface area (Å²) in [6.45, 7) is 19.8. The molecule has 3 fully saturated rings. The molecule has 15 heteroatoms. The Labute approximate surface area is 330 Å². The van der Waals surface area contributed by atoms with Gasteiger partial charge in [-0.15, -0.1) is 0 Å². The third-order valence-electron chi connectivity index (χ3n) is 10.8. The first kappa shape index (κ1) is 41.3. The molecule has 13 nitrogen and oxygen atoms in total. The molecule has 6 rings (SSSR count). The van der Waals surface area contributed by atoms with Gasteiger partial charge in [-0.1, -0.05) is 12.1 Å². The van der Waals surface area contributed by atoms with Gasteiger partial charge in [-0.3, -0.25) is 9.69 Å². The maximum atomic E-state index is 14.4. The molecule has 3 aliphatic heterocycles. The van der Waals surface area contributed by atoms with Gasteiger partial charge in [0.25, 0.3) is 5.91 Å². The number of carbonyl (C=O) groups excluding carboxylic acids is 2. The summed E-state index contributed by atoms with van der Waals surface area (Å²) >= 11 is 0. The first-order chi connectivity index (χ1) is 26.4. The fourth-order valence-corrected chi connectivity index (χ4v) is 9.68. The number of likely N-dealkylation sites (tertiary alicyclic amines) is 1. The van der Waals surface area contributed by atoms with Crippen LogP contribution in [-0.4, -0.2) is 119 Å². The van der Waals surface area contributed by atoms with Crippen molar-refractivity contribution in [2.75, 3.05) is 50.7 Å². The smallest absolute Gasteiger partial charge is 0.410 e. The average molecular weight is 794 g/mol. The number of amides is 2. The Hall–Kier alpha value is -4.34. The van der Waals surface area contributed by atoms with Gasteiger partial charge in [0.15, 0.2) is 11.6 Å². The molecule has 0 bridgehead atoms. The fraction of sp³-hybridized carbons (Fsp3) is 0.561. The first-order valence-electron chi connectivity index (χ1n) is 19.5. The van der Waals surface area contributed by atoms with Crippen molar-refractivity contribution in [3.63, 3.8) is 0 Å². The number of carbonyl (C=O) groups is 2. The number of ether oxygens (including phenoxy) is 2. The van der Waals surface area contributed by atoms with Crippen molar-refractivity contribution in [3.05, 3.63) is 71.9 Å². The van der Waals surface area contributed by atoms with Crippen molar-refractivity contribution < 1.29 is 31.9 Å². The molecule has 1 atom stereocenters. The second-order valence-corrected chi connectivity index (χ2v) is 18.9. The zero-order chi connectivity index (χ0) is 40.6. The van der Waals surface area contributed by atoms with E-state index < -0.39 is 27.5 Å². The van der Waals surface area contributed by atoms with Gasteiger partial charge >= 0.3 is 6.09 Å². The minimum absolute atomic E-state index is 0.0843. The Morgan fingerprint density at radius 1 is 0.964 bits per heavy atom. The summed E-state index contributed by atoms with van der Waals surface area (Å²) in [7, 11) is -3.74. The molecule has 4 heterocycles. The van der Waals surface area contributed by atoms with Crippen LogP contribution in [0.5, 0.6) is 11.5 Å². The van der Waals surface area contributed by atoms with E-state index in [0.717, 1.165) is 51.1 Å². The second kappa shape index (κ2) is 16.3. The fourth-order valence-electron chi connectivity index (χ4n) is 8.07. The molecule has 3 aliphatic rings. The molecule has 56 heavy (non-hydrogen) atoms. The van der Waals surface area contributed by atoms with Gasteiger partial charge in [0, 0.05) is 62.8 Å². The van der Waals surface area contributed by atoms with Crippen LogP contribution in [0.15, 0.2) is 59.9 Å². The van der Waals surface area contributed by atoms with Gasteiger partial charge in [0.1, 0.15) is 23.5 Å². The molecular formula is C41H56FN7O6S. The van der Waals surface area contributed by atoms with Crippen molar-refractivity contribution in [3.8, 4) is 11.5 Å². The van der Waals surface area contributed by atoms with E-state index in [-0.39, 0.29) is 65.3 Å². The van der Waals surface area contributed by atoms with E-state index in [1.54, 1.807) is 28.1 Å². The number of nitrogens with zero attached hydrogens (tertiary/aromatic N) is 7. The largest absolute Gasteiger partial charge is 0.451 e. The zero-order valence-corrected chi connectivity index (χ0v) is 34.7. The molecule has 0 aliphatic carbocycles. The predicted molar refractivity (Wildman–Crippen MR) is 212 cm³/mol. The Morgan fingerprint density at radius 2 is 1.62 bits per heavy atom. The molecular weight excluding hydrogens is 738 g/mol. The molecule has 0 N–H and O–H groups in total. The maximum absolute atomic E-state index is 14.4. The molecule has 304 valence electrons. The van der Waals surface area contributed by atoms with E-state index in [0.29, 0.717) is 11.6 Å². The predicted octanol–water partition coefficient (Wildman–Crippen LogP) is 6.40. The van der Waals surface area contributed by atoms with Crippen LogP contribution in [0.2, 0.25) is 0 Å². The number of sulfonamides is 1. The lowest BCUT2D eigenvalue weighted by Crippen LogP contribution is -2.60. The Kier molecular flexibility index (Phi) is 12.0. The van der Waals surface area contributed by atoms with Crippen LogP contribution in [0, 0.1) is 11.2 Å². The van der Waals surface area contributed by atoms with Gasteiger partial charge in [-0.25, -0.2) is 27.6 Å². The maximum Gasteiger partial charge on any atom is 0.410 e. The Morgan fingerprint density at radius 3 is 2.23 bits per heavy atom. The number of hydrogen-bond acceptors (Lipinski definition) is 10. The monoisotopic (exact) mass is 793 g/mol. The molecule has 2 amide bonds. The van der Waals surface area contributed by atoms with Crippen LogP contribution in [0.3, 0.4) is 0 Å². The molecule has 2 aromatic carbocycles. The zero-order valence-electron chi connectivity index (χ0n) is 33.9. The summed E-state index contributed by atoms with van der Waals surface area (Å²) in [5.74, 6) is 0.469. The molecule has 3 aromatic rings. The van der Waals surface area contributed by atoms with Crippen LogP contribution in [0.25, 0.3) is 0 Å². The molecule has 0 radical (unpaired) electrons. The minimum Gasteiger partial charge on any atom is -0.451 e. The number of aromatic nitrogens is 2. The molecule has 1 aromatic heterocycles. The summed E-state index contributed by atoms with van der Waals surface area (Å²) in [4.78, 5) is 43.0. The second-order valence-electron chi connectivity index (χ2n) is 17.0. The van der Waals surface area contributed by atoms with Crippen molar-refractivity contribution >= 4 is 27.8 Å².